The van der Waals surface area contributed by atoms with E-state index in [0.29, 0.717) is 0 Å². The zero-order valence-electron chi connectivity index (χ0n) is 10.2. The molecular formula is C15H18N2. The van der Waals surface area contributed by atoms with E-state index in [1.807, 2.05) is 12.3 Å². The van der Waals surface area contributed by atoms with Gasteiger partial charge in [0, 0.05) is 17.1 Å². The zero-order valence-corrected chi connectivity index (χ0v) is 10.2. The monoisotopic (exact) mass is 226 g/mol. The maximum absolute atomic E-state index is 4.43. The Labute approximate surface area is 102 Å². The molecule has 0 atom stereocenters. The predicted octanol–water partition coefficient (Wildman–Crippen LogP) is 3.25. The average Bonchev–Trinajstić information content (AvgIpc) is 2.39. The van der Waals surface area contributed by atoms with E-state index >= 15 is 0 Å². The molecule has 0 bridgehead atoms. The summed E-state index contributed by atoms with van der Waals surface area (Å²) in [7, 11) is 0. The summed E-state index contributed by atoms with van der Waals surface area (Å²) in [6.07, 6.45) is 7.26. The highest BCUT2D eigenvalue weighted by atomic mass is 14.8. The van der Waals surface area contributed by atoms with E-state index in [1.54, 1.807) is 0 Å². The molecule has 0 saturated carbocycles. The van der Waals surface area contributed by atoms with Crippen LogP contribution in [0.5, 0.6) is 0 Å². The molecule has 1 aromatic carbocycles. The van der Waals surface area contributed by atoms with Crippen LogP contribution in [0.25, 0.3) is 17.0 Å². The van der Waals surface area contributed by atoms with Gasteiger partial charge < -0.3 is 5.32 Å². The molecule has 0 aliphatic carbocycles. The molecular weight excluding hydrogens is 208 g/mol. The van der Waals surface area contributed by atoms with Crippen molar-refractivity contribution in [1.82, 2.24) is 10.3 Å². The molecule has 1 N–H and O–H groups in total. The first-order valence-electron chi connectivity index (χ1n) is 6.13. The third kappa shape index (κ3) is 3.14. The minimum absolute atomic E-state index is 1.03. The van der Waals surface area contributed by atoms with Crippen LogP contribution in [0.2, 0.25) is 0 Å². The fourth-order valence-corrected chi connectivity index (χ4v) is 1.83. The van der Waals surface area contributed by atoms with E-state index in [4.69, 9.17) is 0 Å². The van der Waals surface area contributed by atoms with Gasteiger partial charge in [0.2, 0.25) is 0 Å². The van der Waals surface area contributed by atoms with Gasteiger partial charge in [-0.15, -0.1) is 0 Å². The molecule has 0 unspecified atom stereocenters. The van der Waals surface area contributed by atoms with Crippen molar-refractivity contribution in [1.29, 1.82) is 0 Å². The summed E-state index contributed by atoms with van der Waals surface area (Å²) >= 11 is 0. The number of hydrogen-bond donors (Lipinski definition) is 1. The van der Waals surface area contributed by atoms with Crippen molar-refractivity contribution >= 4 is 17.0 Å². The minimum Gasteiger partial charge on any atom is -0.317 e. The lowest BCUT2D eigenvalue weighted by molar-refractivity contribution is 0.727. The zero-order chi connectivity index (χ0) is 11.9. The highest BCUT2D eigenvalue weighted by molar-refractivity contribution is 5.86. The molecule has 0 aliphatic heterocycles. The van der Waals surface area contributed by atoms with Gasteiger partial charge in [-0.3, -0.25) is 4.98 Å². The number of nitrogens with zero attached hydrogens (tertiary/aromatic N) is 1. The largest absolute Gasteiger partial charge is 0.317 e. The normalized spacial score (nSPS) is 11.4. The predicted molar refractivity (Wildman–Crippen MR) is 73.9 cm³/mol. The summed E-state index contributed by atoms with van der Waals surface area (Å²) < 4.78 is 0. The number of pyridine rings is 1. The van der Waals surface area contributed by atoms with E-state index in [9.17, 15) is 0 Å². The second-order valence-corrected chi connectivity index (χ2v) is 3.97. The molecule has 0 saturated heterocycles. The summed E-state index contributed by atoms with van der Waals surface area (Å²) in [6, 6.07) is 10.4. The lowest BCUT2D eigenvalue weighted by atomic mass is 10.1. The maximum Gasteiger partial charge on any atom is 0.0774 e. The Balaban J connectivity index is 2.13. The Morgan fingerprint density at radius 2 is 2.12 bits per heavy atom. The van der Waals surface area contributed by atoms with Gasteiger partial charge in [0.25, 0.3) is 0 Å². The number of para-hydroxylation sites is 1. The summed E-state index contributed by atoms with van der Waals surface area (Å²) in [5, 5.41) is 4.50. The smallest absolute Gasteiger partial charge is 0.0774 e. The Morgan fingerprint density at radius 3 is 3.00 bits per heavy atom. The van der Waals surface area contributed by atoms with Crippen molar-refractivity contribution < 1.29 is 0 Å². The van der Waals surface area contributed by atoms with Crippen LogP contribution < -0.4 is 5.32 Å². The maximum atomic E-state index is 4.43. The number of rotatable bonds is 5. The molecule has 1 heterocycles. The molecule has 1 aromatic heterocycles. The van der Waals surface area contributed by atoms with Crippen LogP contribution >= 0.6 is 0 Å². The van der Waals surface area contributed by atoms with Crippen molar-refractivity contribution in [3.05, 3.63) is 48.2 Å². The van der Waals surface area contributed by atoms with Crippen molar-refractivity contribution in [2.75, 3.05) is 13.1 Å². The molecule has 17 heavy (non-hydrogen) atoms. The van der Waals surface area contributed by atoms with E-state index in [1.165, 1.54) is 10.9 Å². The second kappa shape index (κ2) is 6.16. The van der Waals surface area contributed by atoms with E-state index in [-0.39, 0.29) is 0 Å². The van der Waals surface area contributed by atoms with Crippen LogP contribution in [0.4, 0.5) is 0 Å². The molecule has 0 spiro atoms. The van der Waals surface area contributed by atoms with E-state index in [2.05, 4.69) is 53.6 Å². The highest BCUT2D eigenvalue weighted by Crippen LogP contribution is 2.17. The van der Waals surface area contributed by atoms with Crippen LogP contribution in [-0.4, -0.2) is 18.1 Å². The standard InChI is InChI=1S/C15H18N2/c1-2-16-11-4-3-7-13-8-5-9-14-10-6-12-17-15(13)14/h3,5-10,12,16H,2,4,11H2,1H3/b7-3+. The van der Waals surface area contributed by atoms with Crippen molar-refractivity contribution in [2.24, 2.45) is 0 Å². The number of fused-ring (bicyclic) bond motifs is 1. The topological polar surface area (TPSA) is 24.9 Å². The Bertz CT molecular complexity index is 498. The average molecular weight is 226 g/mol. The molecule has 2 aromatic rings. The first kappa shape index (κ1) is 11.8. The van der Waals surface area contributed by atoms with E-state index in [0.717, 1.165) is 25.0 Å². The number of nitrogens with one attached hydrogen (secondary N) is 1. The quantitative estimate of drug-likeness (QED) is 0.792. The highest BCUT2D eigenvalue weighted by Gasteiger charge is 1.96. The molecule has 2 heteroatoms. The molecule has 0 radical (unpaired) electrons. The third-order valence-corrected chi connectivity index (χ3v) is 2.70. The third-order valence-electron chi connectivity index (χ3n) is 2.70. The molecule has 0 aliphatic rings. The number of hydrogen-bond acceptors (Lipinski definition) is 2. The van der Waals surface area contributed by atoms with Gasteiger partial charge >= 0.3 is 0 Å². The van der Waals surface area contributed by atoms with Gasteiger partial charge in [0.05, 0.1) is 5.52 Å². The van der Waals surface area contributed by atoms with Crippen molar-refractivity contribution in [3.8, 4) is 0 Å². The van der Waals surface area contributed by atoms with Gasteiger partial charge in [-0.05, 0) is 25.6 Å². The first-order valence-corrected chi connectivity index (χ1v) is 6.13. The van der Waals surface area contributed by atoms with Crippen molar-refractivity contribution in [2.45, 2.75) is 13.3 Å². The van der Waals surface area contributed by atoms with E-state index < -0.39 is 0 Å². The van der Waals surface area contributed by atoms with Gasteiger partial charge in [-0.25, -0.2) is 0 Å². The van der Waals surface area contributed by atoms with Crippen molar-refractivity contribution in [3.63, 3.8) is 0 Å². The van der Waals surface area contributed by atoms with Gasteiger partial charge in [0.1, 0.15) is 0 Å². The van der Waals surface area contributed by atoms with Crippen LogP contribution in [0, 0.1) is 0 Å². The van der Waals surface area contributed by atoms with Crippen LogP contribution in [0.3, 0.4) is 0 Å². The number of aromatic nitrogens is 1. The fourth-order valence-electron chi connectivity index (χ4n) is 1.83. The van der Waals surface area contributed by atoms with Crippen LogP contribution in [-0.2, 0) is 0 Å². The Kier molecular flexibility index (Phi) is 4.28. The lowest BCUT2D eigenvalue weighted by Gasteiger charge is -2.00. The summed E-state index contributed by atoms with van der Waals surface area (Å²) in [4.78, 5) is 4.43. The summed E-state index contributed by atoms with van der Waals surface area (Å²) in [6.45, 7) is 4.19. The van der Waals surface area contributed by atoms with Gasteiger partial charge in [0.15, 0.2) is 0 Å². The summed E-state index contributed by atoms with van der Waals surface area (Å²) in [5.74, 6) is 0. The lowest BCUT2D eigenvalue weighted by Crippen LogP contribution is -2.12. The van der Waals surface area contributed by atoms with Gasteiger partial charge in [-0.1, -0.05) is 43.3 Å². The summed E-state index contributed by atoms with van der Waals surface area (Å²) in [5.41, 5.74) is 2.27. The SMILES string of the molecule is CCNCC/C=C/c1cccc2cccnc12. The van der Waals surface area contributed by atoms with Gasteiger partial charge in [-0.2, -0.15) is 0 Å². The molecule has 88 valence electrons. The first-order chi connectivity index (χ1) is 8.42. The van der Waals surface area contributed by atoms with Crippen LogP contribution in [0.15, 0.2) is 42.6 Å². The minimum atomic E-state index is 1.03. The molecule has 2 rings (SSSR count). The Morgan fingerprint density at radius 1 is 1.24 bits per heavy atom. The van der Waals surface area contributed by atoms with Crippen LogP contribution in [0.1, 0.15) is 18.9 Å². The molecule has 0 amide bonds. The molecule has 2 nitrogen and oxygen atoms in total. The fraction of sp³-hybridized carbons (Fsp3) is 0.267. The molecule has 0 fully saturated rings. The second-order valence-electron chi connectivity index (χ2n) is 3.97. The Hall–Kier alpha value is -1.67. The number of benzene rings is 1.